The quantitative estimate of drug-likeness (QED) is 0.626. The minimum absolute atomic E-state index is 0.312. The van der Waals surface area contributed by atoms with E-state index in [0.29, 0.717) is 28.5 Å². The highest BCUT2D eigenvalue weighted by Gasteiger charge is 2.54. The fourth-order valence-electron chi connectivity index (χ4n) is 2.99. The fourth-order valence-corrected chi connectivity index (χ4v) is 3.16. The summed E-state index contributed by atoms with van der Waals surface area (Å²) in [5.41, 5.74) is -0.735. The van der Waals surface area contributed by atoms with Crippen LogP contribution in [-0.2, 0) is 15.2 Å². The molecule has 2 amide bonds. The smallest absolute Gasteiger partial charge is 0.263 e. The van der Waals surface area contributed by atoms with Crippen LogP contribution in [0, 0.1) is 0 Å². The summed E-state index contributed by atoms with van der Waals surface area (Å²) in [5.74, 6) is -1.13. The first-order chi connectivity index (χ1) is 12.5. The molecule has 0 bridgehead atoms. The third kappa shape index (κ3) is 3.25. The van der Waals surface area contributed by atoms with Crippen LogP contribution >= 0.6 is 11.6 Å². The van der Waals surface area contributed by atoms with Crippen LogP contribution in [0.25, 0.3) is 0 Å². The Morgan fingerprint density at radius 3 is 2.69 bits per heavy atom. The zero-order valence-electron chi connectivity index (χ0n) is 14.3. The number of carbonyl (C=O) groups excluding carboxylic acids is 2. The summed E-state index contributed by atoms with van der Waals surface area (Å²) in [7, 11) is 0. The first kappa shape index (κ1) is 18.2. The van der Waals surface area contributed by atoms with Crippen LogP contribution in [-0.4, -0.2) is 29.5 Å². The number of amides is 2. The van der Waals surface area contributed by atoms with Crippen molar-refractivity contribution in [3.05, 3.63) is 59.1 Å². The van der Waals surface area contributed by atoms with Crippen molar-refractivity contribution in [2.45, 2.75) is 25.0 Å². The predicted molar refractivity (Wildman–Crippen MR) is 101 cm³/mol. The molecule has 2 aromatic carbocycles. The molecule has 0 spiro atoms. The van der Waals surface area contributed by atoms with Gasteiger partial charge in [0.2, 0.25) is 5.91 Å². The van der Waals surface area contributed by atoms with Crippen molar-refractivity contribution in [1.82, 2.24) is 5.32 Å². The molecule has 2 unspecified atom stereocenters. The standard InChI is InChI=1S/C19H20ClN3O3/c1-2-10-21-17(24)16(22-13-6-4-3-5-7-13)19(26)14-9-8-12(20)11-15(14)23-18(19)25/h3-9,11,16,22,26H,2,10H2,1H3,(H,21,24)(H,23,25). The number of halogens is 1. The molecule has 0 radical (unpaired) electrons. The van der Waals surface area contributed by atoms with Crippen LogP contribution in [0.4, 0.5) is 11.4 Å². The highest BCUT2D eigenvalue weighted by Crippen LogP contribution is 2.40. The molecule has 0 aliphatic carbocycles. The zero-order valence-corrected chi connectivity index (χ0v) is 15.0. The van der Waals surface area contributed by atoms with Crippen LogP contribution in [0.1, 0.15) is 18.9 Å². The fraction of sp³-hybridized carbons (Fsp3) is 0.263. The van der Waals surface area contributed by atoms with Crippen LogP contribution in [0.5, 0.6) is 0 Å². The van der Waals surface area contributed by atoms with E-state index < -0.39 is 23.5 Å². The summed E-state index contributed by atoms with van der Waals surface area (Å²) < 4.78 is 0. The maximum absolute atomic E-state index is 12.8. The molecule has 3 rings (SSSR count). The van der Waals surface area contributed by atoms with E-state index in [1.54, 1.807) is 42.5 Å². The zero-order chi connectivity index (χ0) is 18.7. The van der Waals surface area contributed by atoms with Gasteiger partial charge in [0.15, 0.2) is 5.60 Å². The number of rotatable bonds is 6. The molecule has 2 atom stereocenters. The lowest BCUT2D eigenvalue weighted by molar-refractivity contribution is -0.142. The van der Waals surface area contributed by atoms with Gasteiger partial charge >= 0.3 is 0 Å². The van der Waals surface area contributed by atoms with Gasteiger partial charge in [-0.05, 0) is 30.7 Å². The summed E-state index contributed by atoms with van der Waals surface area (Å²) >= 11 is 5.98. The van der Waals surface area contributed by atoms with Crippen molar-refractivity contribution < 1.29 is 14.7 Å². The molecule has 0 saturated carbocycles. The summed E-state index contributed by atoms with van der Waals surface area (Å²) in [6.45, 7) is 2.37. The van der Waals surface area contributed by atoms with Gasteiger partial charge < -0.3 is 21.1 Å². The third-order valence-corrected chi connectivity index (χ3v) is 4.54. The number of hydrogen-bond acceptors (Lipinski definition) is 4. The van der Waals surface area contributed by atoms with Gasteiger partial charge in [0.05, 0.1) is 0 Å². The normalized spacial score (nSPS) is 19.4. The molecule has 1 aliphatic heterocycles. The van der Waals surface area contributed by atoms with Gasteiger partial charge in [-0.15, -0.1) is 0 Å². The summed E-state index contributed by atoms with van der Waals surface area (Å²) in [5, 5.41) is 20.1. The van der Waals surface area contributed by atoms with Gasteiger partial charge in [-0.2, -0.15) is 0 Å². The van der Waals surface area contributed by atoms with Gasteiger partial charge in [0, 0.05) is 28.5 Å². The van der Waals surface area contributed by atoms with Crippen LogP contribution in [0.2, 0.25) is 5.02 Å². The molecule has 7 heteroatoms. The maximum Gasteiger partial charge on any atom is 0.263 e. The van der Waals surface area contributed by atoms with Gasteiger partial charge in [0.25, 0.3) is 5.91 Å². The van der Waals surface area contributed by atoms with Gasteiger partial charge in [-0.1, -0.05) is 42.8 Å². The molecule has 1 aliphatic rings. The maximum atomic E-state index is 12.8. The van der Waals surface area contributed by atoms with Crippen molar-refractivity contribution >= 4 is 34.8 Å². The van der Waals surface area contributed by atoms with Crippen molar-refractivity contribution in [3.8, 4) is 0 Å². The SMILES string of the molecule is CCCNC(=O)C(Nc1ccccc1)C1(O)C(=O)Nc2cc(Cl)ccc21. The molecule has 6 nitrogen and oxygen atoms in total. The highest BCUT2D eigenvalue weighted by atomic mass is 35.5. The van der Waals surface area contributed by atoms with Crippen molar-refractivity contribution in [2.75, 3.05) is 17.2 Å². The lowest BCUT2D eigenvalue weighted by atomic mass is 9.86. The molecule has 0 saturated heterocycles. The summed E-state index contributed by atoms with van der Waals surface area (Å²) in [4.78, 5) is 25.4. The number of fused-ring (bicyclic) bond motifs is 1. The molecule has 0 aromatic heterocycles. The Morgan fingerprint density at radius 2 is 2.00 bits per heavy atom. The molecule has 4 N–H and O–H groups in total. The average molecular weight is 374 g/mol. The number of anilines is 2. The number of para-hydroxylation sites is 1. The molecule has 1 heterocycles. The molecular formula is C19H20ClN3O3. The van der Waals surface area contributed by atoms with Crippen molar-refractivity contribution in [2.24, 2.45) is 0 Å². The van der Waals surface area contributed by atoms with Crippen LogP contribution in [0.15, 0.2) is 48.5 Å². The summed E-state index contributed by atoms with van der Waals surface area (Å²) in [6, 6.07) is 12.4. The van der Waals surface area contributed by atoms with E-state index in [9.17, 15) is 14.7 Å². The lowest BCUT2D eigenvalue weighted by Gasteiger charge is -2.31. The van der Waals surface area contributed by atoms with E-state index in [-0.39, 0.29) is 0 Å². The number of hydrogen-bond donors (Lipinski definition) is 4. The molecule has 2 aromatic rings. The van der Waals surface area contributed by atoms with E-state index in [4.69, 9.17) is 11.6 Å². The number of benzene rings is 2. The van der Waals surface area contributed by atoms with E-state index in [0.717, 1.165) is 6.42 Å². The first-order valence-corrected chi connectivity index (χ1v) is 8.77. The second kappa shape index (κ2) is 7.35. The second-order valence-electron chi connectivity index (χ2n) is 6.14. The van der Waals surface area contributed by atoms with Crippen molar-refractivity contribution in [3.63, 3.8) is 0 Å². The van der Waals surface area contributed by atoms with E-state index in [2.05, 4.69) is 16.0 Å². The number of nitrogens with one attached hydrogen (secondary N) is 3. The van der Waals surface area contributed by atoms with Gasteiger partial charge in [-0.3, -0.25) is 9.59 Å². The predicted octanol–water partition coefficient (Wildman–Crippen LogP) is 2.49. The largest absolute Gasteiger partial charge is 0.373 e. The topological polar surface area (TPSA) is 90.5 Å². The highest BCUT2D eigenvalue weighted by molar-refractivity contribution is 6.31. The van der Waals surface area contributed by atoms with Gasteiger partial charge in [0.1, 0.15) is 6.04 Å². The van der Waals surface area contributed by atoms with E-state index >= 15 is 0 Å². The Balaban J connectivity index is 2.03. The monoisotopic (exact) mass is 373 g/mol. The Hall–Kier alpha value is -2.57. The minimum atomic E-state index is -2.06. The summed E-state index contributed by atoms with van der Waals surface area (Å²) in [6.07, 6.45) is 0.737. The number of aliphatic hydroxyl groups is 1. The molecule has 26 heavy (non-hydrogen) atoms. The third-order valence-electron chi connectivity index (χ3n) is 4.30. The Labute approximate surface area is 156 Å². The first-order valence-electron chi connectivity index (χ1n) is 8.40. The number of carbonyl (C=O) groups is 2. The van der Waals surface area contributed by atoms with Crippen molar-refractivity contribution in [1.29, 1.82) is 0 Å². The molecule has 0 fully saturated rings. The second-order valence-corrected chi connectivity index (χ2v) is 6.58. The Kier molecular flexibility index (Phi) is 5.15. The Bertz CT molecular complexity index is 828. The van der Waals surface area contributed by atoms with Crippen LogP contribution < -0.4 is 16.0 Å². The molecular weight excluding hydrogens is 354 g/mol. The molecule has 136 valence electrons. The average Bonchev–Trinajstić information content (AvgIpc) is 2.89. The lowest BCUT2D eigenvalue weighted by Crippen LogP contribution is -2.57. The van der Waals surface area contributed by atoms with E-state index in [1.807, 2.05) is 13.0 Å². The minimum Gasteiger partial charge on any atom is -0.373 e. The van der Waals surface area contributed by atoms with Gasteiger partial charge in [-0.25, -0.2) is 0 Å². The van der Waals surface area contributed by atoms with E-state index in [1.165, 1.54) is 0 Å². The Morgan fingerprint density at radius 1 is 1.27 bits per heavy atom. The van der Waals surface area contributed by atoms with Crippen LogP contribution in [0.3, 0.4) is 0 Å².